The molecule has 0 fully saturated rings. The third kappa shape index (κ3) is 5.22. The lowest BCUT2D eigenvalue weighted by Gasteiger charge is -2.25. The Hall–Kier alpha value is -2.24. The smallest absolute Gasteiger partial charge is 0.150 e. The van der Waals surface area contributed by atoms with E-state index in [2.05, 4.69) is 9.98 Å². The molecule has 6 heteroatoms. The van der Waals surface area contributed by atoms with Crippen LogP contribution < -0.4 is 5.73 Å². The van der Waals surface area contributed by atoms with Gasteiger partial charge in [0.1, 0.15) is 11.3 Å². The normalized spacial score (nSPS) is 14.2. The number of pyridine rings is 1. The molecule has 2 rings (SSSR count). The molecule has 156 valence electrons. The fourth-order valence-electron chi connectivity index (χ4n) is 3.33. The van der Waals surface area contributed by atoms with E-state index < -0.39 is 11.4 Å². The van der Waals surface area contributed by atoms with Crippen LogP contribution in [0.2, 0.25) is 0 Å². The van der Waals surface area contributed by atoms with Gasteiger partial charge in [0, 0.05) is 23.3 Å². The Morgan fingerprint density at radius 2 is 2.03 bits per heavy atom. The summed E-state index contributed by atoms with van der Waals surface area (Å²) >= 11 is 6.47. The van der Waals surface area contributed by atoms with Gasteiger partial charge in [-0.2, -0.15) is 0 Å². The third-order valence-corrected chi connectivity index (χ3v) is 4.86. The van der Waals surface area contributed by atoms with E-state index in [1.54, 1.807) is 27.0 Å². The van der Waals surface area contributed by atoms with E-state index in [9.17, 15) is 5.11 Å². The first-order chi connectivity index (χ1) is 13.5. The number of amidine groups is 1. The first-order valence-electron chi connectivity index (χ1n) is 9.68. The maximum atomic E-state index is 15.0. The lowest BCUT2D eigenvalue weighted by Crippen LogP contribution is -2.19. The SMILES string of the molecule is CC/C=C(/C(Cl)=C\N=C(C)N)c1cc(F)c2ncc(C(C)(C)O)c(C(C)C)c2c1. The molecule has 0 saturated carbocycles. The number of aliphatic imine (C=N–C) groups is 1. The third-order valence-electron chi connectivity index (χ3n) is 4.56. The fourth-order valence-corrected chi connectivity index (χ4v) is 3.56. The topological polar surface area (TPSA) is 71.5 Å². The highest BCUT2D eigenvalue weighted by Gasteiger charge is 2.25. The highest BCUT2D eigenvalue weighted by atomic mass is 35.5. The van der Waals surface area contributed by atoms with Crippen molar-refractivity contribution < 1.29 is 9.50 Å². The summed E-state index contributed by atoms with van der Waals surface area (Å²) in [5.41, 5.74) is 7.62. The van der Waals surface area contributed by atoms with Gasteiger partial charge in [-0.05, 0) is 61.9 Å². The highest BCUT2D eigenvalue weighted by Crippen LogP contribution is 2.37. The minimum Gasteiger partial charge on any atom is -0.387 e. The van der Waals surface area contributed by atoms with Crippen molar-refractivity contribution in [2.75, 3.05) is 0 Å². The molecule has 1 heterocycles. The second-order valence-corrected chi connectivity index (χ2v) is 8.33. The van der Waals surface area contributed by atoms with E-state index in [1.807, 2.05) is 32.9 Å². The molecule has 0 bridgehead atoms. The standard InChI is InChI=1S/C23H29ClFN3O/c1-7-8-16(19(24)12-27-14(4)26)15-9-17-21(13(2)3)18(23(5,6)29)11-28-22(17)20(25)10-15/h8-13,29H,7H2,1-6H3,(H2,26,27)/b16-8+,19-12+. The van der Waals surface area contributed by atoms with Crippen LogP contribution in [-0.2, 0) is 5.60 Å². The van der Waals surface area contributed by atoms with Crippen molar-refractivity contribution in [2.24, 2.45) is 10.7 Å². The zero-order valence-corrected chi connectivity index (χ0v) is 18.6. The quantitative estimate of drug-likeness (QED) is 0.345. The summed E-state index contributed by atoms with van der Waals surface area (Å²) in [6.45, 7) is 11.1. The summed E-state index contributed by atoms with van der Waals surface area (Å²) in [4.78, 5) is 8.35. The van der Waals surface area contributed by atoms with Crippen LogP contribution in [0.15, 0.2) is 40.6 Å². The van der Waals surface area contributed by atoms with Crippen LogP contribution in [0.3, 0.4) is 0 Å². The van der Waals surface area contributed by atoms with E-state index >= 15 is 4.39 Å². The molecule has 0 spiro atoms. The molecule has 2 aromatic rings. The van der Waals surface area contributed by atoms with E-state index in [-0.39, 0.29) is 11.4 Å². The molecule has 0 aliphatic heterocycles. The molecule has 0 amide bonds. The van der Waals surface area contributed by atoms with Crippen molar-refractivity contribution in [2.45, 2.75) is 59.5 Å². The van der Waals surface area contributed by atoms with Crippen LogP contribution in [0.5, 0.6) is 0 Å². The molecular formula is C23H29ClFN3O. The minimum atomic E-state index is -1.10. The number of nitrogens with zero attached hydrogens (tertiary/aromatic N) is 2. The molecule has 0 saturated heterocycles. The van der Waals surface area contributed by atoms with Crippen molar-refractivity contribution in [1.82, 2.24) is 4.98 Å². The molecular weight excluding hydrogens is 389 g/mol. The average Bonchev–Trinajstić information content (AvgIpc) is 2.62. The average molecular weight is 418 g/mol. The van der Waals surface area contributed by atoms with Gasteiger partial charge in [-0.3, -0.25) is 4.98 Å². The number of rotatable bonds is 6. The molecule has 4 nitrogen and oxygen atoms in total. The Morgan fingerprint density at radius 3 is 2.55 bits per heavy atom. The Balaban J connectivity index is 2.85. The second-order valence-electron chi connectivity index (χ2n) is 7.93. The van der Waals surface area contributed by atoms with Gasteiger partial charge in [-0.25, -0.2) is 9.38 Å². The van der Waals surface area contributed by atoms with Crippen molar-refractivity contribution in [3.8, 4) is 0 Å². The Morgan fingerprint density at radius 1 is 1.38 bits per heavy atom. The van der Waals surface area contributed by atoms with E-state index in [4.69, 9.17) is 17.3 Å². The summed E-state index contributed by atoms with van der Waals surface area (Å²) in [6, 6.07) is 3.31. The maximum Gasteiger partial charge on any atom is 0.150 e. The number of aliphatic hydroxyl groups is 1. The predicted octanol–water partition coefficient (Wildman–Crippen LogP) is 5.98. The van der Waals surface area contributed by atoms with Crippen LogP contribution in [0.4, 0.5) is 4.39 Å². The molecule has 0 aliphatic carbocycles. The van der Waals surface area contributed by atoms with Crippen molar-refractivity contribution in [3.63, 3.8) is 0 Å². The predicted molar refractivity (Wildman–Crippen MR) is 121 cm³/mol. The Kier molecular flexibility index (Phi) is 7.20. The summed E-state index contributed by atoms with van der Waals surface area (Å²) in [5.74, 6) is 0.00200. The number of fused-ring (bicyclic) bond motifs is 1. The fraction of sp³-hybridized carbons (Fsp3) is 0.391. The van der Waals surface area contributed by atoms with Gasteiger partial charge < -0.3 is 10.8 Å². The number of nitrogens with two attached hydrogens (primary N) is 1. The van der Waals surface area contributed by atoms with E-state index in [0.29, 0.717) is 39.4 Å². The molecule has 0 radical (unpaired) electrons. The number of allylic oxidation sites excluding steroid dienone is 3. The van der Waals surface area contributed by atoms with Crippen LogP contribution in [0.1, 0.15) is 70.6 Å². The first kappa shape index (κ1) is 23.0. The van der Waals surface area contributed by atoms with Gasteiger partial charge in [-0.1, -0.05) is 38.4 Å². The number of hydrogen-bond acceptors (Lipinski definition) is 3. The zero-order chi connectivity index (χ0) is 21.9. The van der Waals surface area contributed by atoms with Gasteiger partial charge in [0.25, 0.3) is 0 Å². The summed E-state index contributed by atoms with van der Waals surface area (Å²) in [6.07, 6.45) is 5.66. The van der Waals surface area contributed by atoms with Crippen LogP contribution in [0, 0.1) is 5.82 Å². The molecule has 29 heavy (non-hydrogen) atoms. The molecule has 0 atom stereocenters. The Labute approximate surface area is 177 Å². The summed E-state index contributed by atoms with van der Waals surface area (Å²) in [5, 5.41) is 11.7. The van der Waals surface area contributed by atoms with E-state index in [0.717, 1.165) is 5.56 Å². The van der Waals surface area contributed by atoms with Crippen LogP contribution >= 0.6 is 11.6 Å². The molecule has 0 aliphatic rings. The van der Waals surface area contributed by atoms with Gasteiger partial charge in [0.15, 0.2) is 0 Å². The Bertz CT molecular complexity index is 997. The van der Waals surface area contributed by atoms with Crippen molar-refractivity contribution in [1.29, 1.82) is 0 Å². The monoisotopic (exact) mass is 417 g/mol. The number of halogens is 2. The largest absolute Gasteiger partial charge is 0.387 e. The van der Waals surface area contributed by atoms with Crippen molar-refractivity contribution in [3.05, 3.63) is 58.1 Å². The van der Waals surface area contributed by atoms with Gasteiger partial charge in [-0.15, -0.1) is 0 Å². The second kappa shape index (κ2) is 9.06. The molecule has 0 unspecified atom stereocenters. The van der Waals surface area contributed by atoms with Gasteiger partial charge >= 0.3 is 0 Å². The zero-order valence-electron chi connectivity index (χ0n) is 17.8. The summed E-state index contributed by atoms with van der Waals surface area (Å²) in [7, 11) is 0. The van der Waals surface area contributed by atoms with Crippen LogP contribution in [0.25, 0.3) is 16.5 Å². The lowest BCUT2D eigenvalue weighted by molar-refractivity contribution is 0.0772. The first-order valence-corrected chi connectivity index (χ1v) is 10.1. The van der Waals surface area contributed by atoms with Gasteiger partial charge in [0.05, 0.1) is 16.5 Å². The minimum absolute atomic E-state index is 0.0608. The molecule has 1 aromatic carbocycles. The number of benzene rings is 1. The maximum absolute atomic E-state index is 15.0. The number of aromatic nitrogens is 1. The molecule has 3 N–H and O–H groups in total. The van der Waals surface area contributed by atoms with E-state index in [1.165, 1.54) is 12.3 Å². The highest BCUT2D eigenvalue weighted by molar-refractivity contribution is 6.37. The van der Waals surface area contributed by atoms with Crippen LogP contribution in [-0.4, -0.2) is 15.9 Å². The van der Waals surface area contributed by atoms with Gasteiger partial charge in [0.2, 0.25) is 0 Å². The summed E-state index contributed by atoms with van der Waals surface area (Å²) < 4.78 is 15.0. The number of hydrogen-bond donors (Lipinski definition) is 2. The lowest BCUT2D eigenvalue weighted by atomic mass is 9.85. The van der Waals surface area contributed by atoms with Crippen molar-refractivity contribution >= 4 is 33.9 Å². The molecule has 1 aromatic heterocycles.